The van der Waals surface area contributed by atoms with Crippen molar-refractivity contribution in [1.29, 1.82) is 0 Å². The monoisotopic (exact) mass is 255 g/mol. The van der Waals surface area contributed by atoms with Crippen molar-refractivity contribution in [3.63, 3.8) is 0 Å². The van der Waals surface area contributed by atoms with E-state index in [1.807, 2.05) is 6.26 Å². The fourth-order valence-electron chi connectivity index (χ4n) is 1.14. The van der Waals surface area contributed by atoms with Gasteiger partial charge in [-0.1, -0.05) is 6.07 Å². The summed E-state index contributed by atoms with van der Waals surface area (Å²) < 4.78 is 4.99. The number of aliphatic carboxylic acids is 1. The number of amides is 1. The van der Waals surface area contributed by atoms with Crippen molar-refractivity contribution in [3.05, 3.63) is 24.3 Å². The van der Waals surface area contributed by atoms with Gasteiger partial charge in [0.25, 0.3) is 0 Å². The van der Waals surface area contributed by atoms with Crippen LogP contribution in [0.25, 0.3) is 0 Å². The maximum atomic E-state index is 11.3. The number of rotatable bonds is 6. The third-order valence-corrected chi connectivity index (χ3v) is 2.31. The van der Waals surface area contributed by atoms with Gasteiger partial charge in [0.2, 0.25) is 5.91 Å². The van der Waals surface area contributed by atoms with E-state index in [2.05, 4.69) is 5.32 Å². The van der Waals surface area contributed by atoms with Gasteiger partial charge < -0.3 is 15.2 Å². The van der Waals surface area contributed by atoms with E-state index in [9.17, 15) is 9.59 Å². The predicted octanol–water partition coefficient (Wildman–Crippen LogP) is 1.45. The first-order valence-corrected chi connectivity index (χ1v) is 6.24. The molecule has 6 heteroatoms. The molecule has 1 rings (SSSR count). The van der Waals surface area contributed by atoms with Crippen LogP contribution in [-0.4, -0.2) is 35.6 Å². The third-order valence-electron chi connectivity index (χ3n) is 1.76. The molecule has 0 fully saturated rings. The molecule has 0 heterocycles. The topological polar surface area (TPSA) is 75.6 Å². The SMILES string of the molecule is CSCC(=O)Nc1cccc(OCC(=O)O)c1. The number of benzene rings is 1. The summed E-state index contributed by atoms with van der Waals surface area (Å²) in [5.41, 5.74) is 0.590. The lowest BCUT2D eigenvalue weighted by Gasteiger charge is -2.07. The summed E-state index contributed by atoms with van der Waals surface area (Å²) >= 11 is 1.43. The van der Waals surface area contributed by atoms with Crippen LogP contribution in [0, 0.1) is 0 Å². The molecule has 0 aromatic heterocycles. The summed E-state index contributed by atoms with van der Waals surface area (Å²) in [7, 11) is 0. The van der Waals surface area contributed by atoms with Gasteiger partial charge >= 0.3 is 5.97 Å². The number of carboxylic acids is 1. The van der Waals surface area contributed by atoms with Crippen LogP contribution in [0.15, 0.2) is 24.3 Å². The molecule has 0 saturated carbocycles. The van der Waals surface area contributed by atoms with E-state index in [1.165, 1.54) is 11.8 Å². The van der Waals surface area contributed by atoms with Crippen molar-refractivity contribution in [2.45, 2.75) is 0 Å². The highest BCUT2D eigenvalue weighted by atomic mass is 32.2. The zero-order valence-electron chi connectivity index (χ0n) is 9.30. The van der Waals surface area contributed by atoms with E-state index >= 15 is 0 Å². The minimum absolute atomic E-state index is 0.104. The minimum atomic E-state index is -1.04. The molecule has 0 radical (unpaired) electrons. The molecule has 2 N–H and O–H groups in total. The smallest absolute Gasteiger partial charge is 0.341 e. The Morgan fingerprint density at radius 3 is 2.88 bits per heavy atom. The molecule has 0 bridgehead atoms. The number of nitrogens with one attached hydrogen (secondary N) is 1. The Bertz CT molecular complexity index is 408. The van der Waals surface area contributed by atoms with Crippen LogP contribution in [0.2, 0.25) is 0 Å². The fraction of sp³-hybridized carbons (Fsp3) is 0.273. The van der Waals surface area contributed by atoms with Crippen LogP contribution >= 0.6 is 11.8 Å². The summed E-state index contributed by atoms with van der Waals surface area (Å²) in [6.07, 6.45) is 1.84. The molecule has 0 unspecified atom stereocenters. The van der Waals surface area contributed by atoms with E-state index in [1.54, 1.807) is 24.3 Å². The highest BCUT2D eigenvalue weighted by molar-refractivity contribution is 7.99. The normalized spacial score (nSPS) is 9.71. The molecule has 0 aliphatic rings. The van der Waals surface area contributed by atoms with Gasteiger partial charge in [-0.2, -0.15) is 11.8 Å². The van der Waals surface area contributed by atoms with Crippen molar-refractivity contribution in [2.24, 2.45) is 0 Å². The van der Waals surface area contributed by atoms with Crippen LogP contribution in [0.4, 0.5) is 5.69 Å². The van der Waals surface area contributed by atoms with Crippen LogP contribution in [0.3, 0.4) is 0 Å². The van der Waals surface area contributed by atoms with Gasteiger partial charge in [-0.25, -0.2) is 4.79 Å². The predicted molar refractivity (Wildman–Crippen MR) is 66.6 cm³/mol. The number of hydrogen-bond acceptors (Lipinski definition) is 4. The Kier molecular flexibility index (Phi) is 5.35. The zero-order valence-corrected chi connectivity index (χ0v) is 10.1. The molecule has 0 spiro atoms. The maximum Gasteiger partial charge on any atom is 0.341 e. The molecule has 0 aliphatic carbocycles. The summed E-state index contributed by atoms with van der Waals surface area (Å²) in [5.74, 6) is -0.357. The van der Waals surface area contributed by atoms with Crippen LogP contribution in [0.1, 0.15) is 0 Å². The minimum Gasteiger partial charge on any atom is -0.482 e. The molecule has 0 atom stereocenters. The molecule has 1 aromatic carbocycles. The quantitative estimate of drug-likeness (QED) is 0.804. The van der Waals surface area contributed by atoms with E-state index in [-0.39, 0.29) is 5.91 Å². The number of anilines is 1. The molecule has 1 aromatic rings. The van der Waals surface area contributed by atoms with E-state index in [0.717, 1.165) is 0 Å². The van der Waals surface area contributed by atoms with Crippen molar-refractivity contribution in [2.75, 3.05) is 23.9 Å². The second-order valence-corrected chi connectivity index (χ2v) is 4.06. The lowest BCUT2D eigenvalue weighted by Crippen LogP contribution is -2.14. The van der Waals surface area contributed by atoms with Gasteiger partial charge in [0.1, 0.15) is 5.75 Å². The fourth-order valence-corrected chi connectivity index (χ4v) is 1.47. The first-order chi connectivity index (χ1) is 8.11. The van der Waals surface area contributed by atoms with Crippen LogP contribution in [-0.2, 0) is 9.59 Å². The number of thioether (sulfide) groups is 1. The van der Waals surface area contributed by atoms with Crippen LogP contribution < -0.4 is 10.1 Å². The number of carboxylic acid groups (broad SMARTS) is 1. The highest BCUT2D eigenvalue weighted by Gasteiger charge is 2.03. The Morgan fingerprint density at radius 1 is 1.47 bits per heavy atom. The van der Waals surface area contributed by atoms with E-state index in [0.29, 0.717) is 17.2 Å². The number of ether oxygens (including phenoxy) is 1. The second-order valence-electron chi connectivity index (χ2n) is 3.19. The molecular weight excluding hydrogens is 242 g/mol. The average molecular weight is 255 g/mol. The second kappa shape index (κ2) is 6.80. The summed E-state index contributed by atoms with van der Waals surface area (Å²) in [6, 6.07) is 6.62. The van der Waals surface area contributed by atoms with E-state index in [4.69, 9.17) is 9.84 Å². The van der Waals surface area contributed by atoms with Crippen molar-refractivity contribution in [3.8, 4) is 5.75 Å². The molecule has 0 saturated heterocycles. The van der Waals surface area contributed by atoms with Gasteiger partial charge in [-0.05, 0) is 18.4 Å². The van der Waals surface area contributed by atoms with Gasteiger partial charge in [0, 0.05) is 11.8 Å². The van der Waals surface area contributed by atoms with Crippen LogP contribution in [0.5, 0.6) is 5.75 Å². The third kappa shape index (κ3) is 5.26. The largest absolute Gasteiger partial charge is 0.482 e. The van der Waals surface area contributed by atoms with Gasteiger partial charge in [0.15, 0.2) is 6.61 Å². The van der Waals surface area contributed by atoms with Gasteiger partial charge in [-0.3, -0.25) is 4.79 Å². The Morgan fingerprint density at radius 2 is 2.24 bits per heavy atom. The summed E-state index contributed by atoms with van der Waals surface area (Å²) in [4.78, 5) is 21.6. The molecule has 17 heavy (non-hydrogen) atoms. The summed E-state index contributed by atoms with van der Waals surface area (Å²) in [6.45, 7) is -0.401. The first-order valence-electron chi connectivity index (χ1n) is 4.85. The zero-order chi connectivity index (χ0) is 12.7. The Labute approximate surface area is 103 Å². The van der Waals surface area contributed by atoms with Gasteiger partial charge in [0.05, 0.1) is 5.75 Å². The molecule has 1 amide bonds. The molecule has 5 nitrogen and oxygen atoms in total. The Hall–Kier alpha value is -1.69. The summed E-state index contributed by atoms with van der Waals surface area (Å²) in [5, 5.41) is 11.1. The number of carbonyl (C=O) groups is 2. The average Bonchev–Trinajstić information content (AvgIpc) is 2.27. The Balaban J connectivity index is 2.59. The first kappa shape index (κ1) is 13.4. The maximum absolute atomic E-state index is 11.3. The standard InChI is InChI=1S/C11H13NO4S/c1-17-7-10(13)12-8-3-2-4-9(5-8)16-6-11(14)15/h2-5H,6-7H2,1H3,(H,12,13)(H,14,15). The molecule has 92 valence electrons. The van der Waals surface area contributed by atoms with Crippen molar-refractivity contribution in [1.82, 2.24) is 0 Å². The number of hydrogen-bond donors (Lipinski definition) is 2. The lowest BCUT2D eigenvalue weighted by atomic mass is 10.3. The number of carbonyl (C=O) groups excluding carboxylic acids is 1. The molecule has 0 aliphatic heterocycles. The van der Waals surface area contributed by atoms with E-state index < -0.39 is 12.6 Å². The molecular formula is C11H13NO4S. The van der Waals surface area contributed by atoms with Gasteiger partial charge in [-0.15, -0.1) is 0 Å². The van der Waals surface area contributed by atoms with Crippen molar-refractivity contribution < 1.29 is 19.4 Å². The lowest BCUT2D eigenvalue weighted by molar-refractivity contribution is -0.139. The highest BCUT2D eigenvalue weighted by Crippen LogP contribution is 2.17. The van der Waals surface area contributed by atoms with Crippen molar-refractivity contribution >= 4 is 29.3 Å².